The van der Waals surface area contributed by atoms with E-state index in [1.54, 1.807) is 0 Å². The van der Waals surface area contributed by atoms with E-state index < -0.39 is 5.97 Å². The molecule has 136 valence electrons. The zero-order valence-corrected chi connectivity index (χ0v) is 14.5. The van der Waals surface area contributed by atoms with Crippen LogP contribution in [0.4, 0.5) is 4.79 Å². The third kappa shape index (κ3) is 4.65. The average molecular weight is 346 g/mol. The Kier molecular flexibility index (Phi) is 5.46. The van der Waals surface area contributed by atoms with E-state index in [1.807, 2.05) is 25.1 Å². The van der Waals surface area contributed by atoms with Gasteiger partial charge in [0, 0.05) is 18.0 Å². The van der Waals surface area contributed by atoms with Gasteiger partial charge in [-0.05, 0) is 56.7 Å². The average Bonchev–Trinajstić information content (AvgIpc) is 3.35. The van der Waals surface area contributed by atoms with Gasteiger partial charge in [-0.25, -0.2) is 4.79 Å². The van der Waals surface area contributed by atoms with Crippen LogP contribution in [0.25, 0.3) is 0 Å². The fraction of sp³-hybridized carbons (Fsp3) is 0.579. The number of benzene rings is 1. The van der Waals surface area contributed by atoms with Crippen molar-refractivity contribution in [1.29, 1.82) is 0 Å². The van der Waals surface area contributed by atoms with Crippen LogP contribution >= 0.6 is 0 Å². The Morgan fingerprint density at radius 2 is 1.96 bits per heavy atom. The molecule has 6 nitrogen and oxygen atoms in total. The van der Waals surface area contributed by atoms with Gasteiger partial charge in [-0.15, -0.1) is 0 Å². The predicted molar refractivity (Wildman–Crippen MR) is 93.8 cm³/mol. The lowest BCUT2D eigenvalue weighted by molar-refractivity contribution is -0.142. The van der Waals surface area contributed by atoms with Gasteiger partial charge in [0.05, 0.1) is 12.5 Å². The molecule has 0 radical (unpaired) electrons. The first-order chi connectivity index (χ1) is 12.1. The Morgan fingerprint density at radius 1 is 1.20 bits per heavy atom. The lowest BCUT2D eigenvalue weighted by atomic mass is 9.86. The van der Waals surface area contributed by atoms with E-state index in [-0.39, 0.29) is 24.0 Å². The van der Waals surface area contributed by atoms with E-state index in [4.69, 9.17) is 9.84 Å². The van der Waals surface area contributed by atoms with Gasteiger partial charge in [0.15, 0.2) is 0 Å². The second-order valence-corrected chi connectivity index (χ2v) is 6.96. The Hall–Kier alpha value is -2.24. The number of ether oxygens (including phenoxy) is 1. The van der Waals surface area contributed by atoms with Gasteiger partial charge in [0.1, 0.15) is 5.75 Å². The van der Waals surface area contributed by atoms with Gasteiger partial charge in [0.25, 0.3) is 0 Å². The maximum atomic E-state index is 12.2. The summed E-state index contributed by atoms with van der Waals surface area (Å²) in [6.07, 6.45) is 3.67. The summed E-state index contributed by atoms with van der Waals surface area (Å²) in [5, 5.41) is 15.0. The molecule has 3 rings (SSSR count). The summed E-state index contributed by atoms with van der Waals surface area (Å²) in [5.74, 6) is 0.226. The number of carbonyl (C=O) groups excluding carboxylic acids is 1. The smallest absolute Gasteiger partial charge is 0.315 e. The summed E-state index contributed by atoms with van der Waals surface area (Å²) in [5.41, 5.74) is 1.19. The van der Waals surface area contributed by atoms with Gasteiger partial charge >= 0.3 is 12.0 Å². The molecule has 2 atom stereocenters. The van der Waals surface area contributed by atoms with Crippen LogP contribution in [0.5, 0.6) is 5.75 Å². The normalized spacial score (nSPS) is 28.0. The molecule has 3 N–H and O–H groups in total. The lowest BCUT2D eigenvalue weighted by Crippen LogP contribution is -2.45. The van der Waals surface area contributed by atoms with E-state index in [1.165, 1.54) is 5.56 Å². The second-order valence-electron chi connectivity index (χ2n) is 6.96. The van der Waals surface area contributed by atoms with Gasteiger partial charge in [-0.2, -0.15) is 0 Å². The highest BCUT2D eigenvalue weighted by Crippen LogP contribution is 2.41. The van der Waals surface area contributed by atoms with Crippen molar-refractivity contribution in [2.45, 2.75) is 57.0 Å². The van der Waals surface area contributed by atoms with Crippen LogP contribution in [0, 0.1) is 5.92 Å². The first-order valence-corrected chi connectivity index (χ1v) is 9.09. The summed E-state index contributed by atoms with van der Waals surface area (Å²) in [6.45, 7) is 2.60. The summed E-state index contributed by atoms with van der Waals surface area (Å²) >= 11 is 0. The number of urea groups is 1. The van der Waals surface area contributed by atoms with Crippen LogP contribution in [0.15, 0.2) is 24.3 Å². The topological polar surface area (TPSA) is 87.7 Å². The Balaban J connectivity index is 1.43. The monoisotopic (exact) mass is 346 g/mol. The minimum Gasteiger partial charge on any atom is -0.494 e. The summed E-state index contributed by atoms with van der Waals surface area (Å²) in [4.78, 5) is 23.1. The molecule has 0 saturated heterocycles. The molecule has 0 aromatic heterocycles. The first-order valence-electron chi connectivity index (χ1n) is 9.09. The van der Waals surface area contributed by atoms with Gasteiger partial charge in [-0.1, -0.05) is 12.1 Å². The molecule has 0 spiro atoms. The molecule has 1 aromatic carbocycles. The molecule has 0 aliphatic heterocycles. The minimum atomic E-state index is -0.724. The van der Waals surface area contributed by atoms with Crippen molar-refractivity contribution < 1.29 is 19.4 Å². The Labute approximate surface area is 147 Å². The molecule has 0 heterocycles. The van der Waals surface area contributed by atoms with Crippen molar-refractivity contribution in [3.8, 4) is 5.75 Å². The minimum absolute atomic E-state index is 0.0779. The number of aliphatic carboxylic acids is 1. The van der Waals surface area contributed by atoms with Crippen LogP contribution in [-0.2, 0) is 4.79 Å². The van der Waals surface area contributed by atoms with E-state index in [0.29, 0.717) is 25.4 Å². The first kappa shape index (κ1) is 17.6. The van der Waals surface area contributed by atoms with Crippen molar-refractivity contribution in [3.63, 3.8) is 0 Å². The molecular formula is C19H26N2O4. The lowest BCUT2D eigenvalue weighted by Gasteiger charge is -2.26. The number of hydrogen-bond acceptors (Lipinski definition) is 3. The quantitative estimate of drug-likeness (QED) is 0.739. The Morgan fingerprint density at radius 3 is 2.64 bits per heavy atom. The molecule has 0 bridgehead atoms. The maximum Gasteiger partial charge on any atom is 0.315 e. The molecule has 2 aliphatic carbocycles. The van der Waals surface area contributed by atoms with Crippen molar-refractivity contribution in [2.75, 3.05) is 6.61 Å². The van der Waals surface area contributed by atoms with Crippen LogP contribution < -0.4 is 15.4 Å². The zero-order chi connectivity index (χ0) is 17.8. The third-order valence-electron chi connectivity index (χ3n) is 5.12. The van der Waals surface area contributed by atoms with Crippen LogP contribution in [0.3, 0.4) is 0 Å². The number of carboxylic acid groups (broad SMARTS) is 1. The van der Waals surface area contributed by atoms with Crippen molar-refractivity contribution in [2.24, 2.45) is 5.92 Å². The highest BCUT2D eigenvalue weighted by molar-refractivity contribution is 5.75. The van der Waals surface area contributed by atoms with E-state index >= 15 is 0 Å². The van der Waals surface area contributed by atoms with Gasteiger partial charge in [-0.3, -0.25) is 4.79 Å². The molecule has 2 saturated carbocycles. The van der Waals surface area contributed by atoms with Crippen molar-refractivity contribution >= 4 is 12.0 Å². The van der Waals surface area contributed by atoms with Gasteiger partial charge < -0.3 is 20.5 Å². The fourth-order valence-corrected chi connectivity index (χ4v) is 3.60. The standard InChI is InChI=1S/C19H26N2O4/c1-2-25-15-5-3-4-13(10-15)16-11-17(16)21-19(24)20-14-8-6-12(7-9-14)18(22)23/h3-5,10,12,14,16-17H,2,6-9,11H2,1H3,(H,22,23)(H2,20,21,24)/t12?,14?,16-,17+/m0/s1. The molecule has 1 aromatic rings. The second kappa shape index (κ2) is 7.76. The number of amides is 2. The SMILES string of the molecule is CCOc1cccc([C@@H]2C[C@H]2NC(=O)NC2CCC(C(=O)O)CC2)c1. The highest BCUT2D eigenvalue weighted by Gasteiger charge is 2.40. The molecule has 2 amide bonds. The van der Waals surface area contributed by atoms with Crippen molar-refractivity contribution in [1.82, 2.24) is 10.6 Å². The van der Waals surface area contributed by atoms with E-state index in [9.17, 15) is 9.59 Å². The summed E-state index contributed by atoms with van der Waals surface area (Å²) in [7, 11) is 0. The van der Waals surface area contributed by atoms with Gasteiger partial charge in [0.2, 0.25) is 0 Å². The molecular weight excluding hydrogens is 320 g/mol. The number of carboxylic acids is 1. The number of nitrogens with one attached hydrogen (secondary N) is 2. The molecule has 6 heteroatoms. The Bertz CT molecular complexity index is 626. The van der Waals surface area contributed by atoms with Crippen molar-refractivity contribution in [3.05, 3.63) is 29.8 Å². The fourth-order valence-electron chi connectivity index (χ4n) is 3.60. The largest absolute Gasteiger partial charge is 0.494 e. The number of carbonyl (C=O) groups is 2. The molecule has 2 fully saturated rings. The van der Waals surface area contributed by atoms with Crippen LogP contribution in [-0.4, -0.2) is 35.8 Å². The maximum absolute atomic E-state index is 12.2. The third-order valence-corrected chi connectivity index (χ3v) is 5.12. The summed E-state index contributed by atoms with van der Waals surface area (Å²) < 4.78 is 5.53. The predicted octanol–water partition coefficient (Wildman–Crippen LogP) is 2.88. The van der Waals surface area contributed by atoms with E-state index in [0.717, 1.165) is 25.0 Å². The van der Waals surface area contributed by atoms with Crippen LogP contribution in [0.1, 0.15) is 50.5 Å². The number of rotatable bonds is 6. The zero-order valence-electron chi connectivity index (χ0n) is 14.5. The highest BCUT2D eigenvalue weighted by atomic mass is 16.5. The number of hydrogen-bond donors (Lipinski definition) is 3. The molecule has 0 unspecified atom stereocenters. The van der Waals surface area contributed by atoms with E-state index in [2.05, 4.69) is 16.7 Å². The molecule has 25 heavy (non-hydrogen) atoms. The van der Waals surface area contributed by atoms with Crippen LogP contribution in [0.2, 0.25) is 0 Å². The molecule has 2 aliphatic rings. The summed E-state index contributed by atoms with van der Waals surface area (Å²) in [6, 6.07) is 8.13.